The second-order valence-electron chi connectivity index (χ2n) is 17.8. The van der Waals surface area contributed by atoms with Gasteiger partial charge in [0.15, 0.2) is 0 Å². The van der Waals surface area contributed by atoms with Crippen LogP contribution in [0.2, 0.25) is 0 Å². The van der Waals surface area contributed by atoms with Crippen LogP contribution in [0.5, 0.6) is 5.75 Å². The van der Waals surface area contributed by atoms with Crippen LogP contribution in [-0.4, -0.2) is 163 Å². The maximum absolute atomic E-state index is 14.4. The average molecular weight is 847 g/mol. The van der Waals surface area contributed by atoms with Crippen molar-refractivity contribution >= 4 is 29.7 Å². The van der Waals surface area contributed by atoms with Gasteiger partial charge in [0.2, 0.25) is 5.91 Å². The zero-order valence-corrected chi connectivity index (χ0v) is 36.6. The van der Waals surface area contributed by atoms with Gasteiger partial charge in [-0.3, -0.25) is 43.6 Å². The SMILES string of the molecule is CC(C)(C)OC(=O)CN1CCN(CC(=O)NCCNC(=O)c2cc(-c3ccc(F)cc3F)ccc2O)CCN(CC(=O)OC(C)(C)C)CCN(CC(=O)OC(C)(C)C)CC1. The van der Waals surface area contributed by atoms with Gasteiger partial charge in [-0.1, -0.05) is 6.07 Å². The van der Waals surface area contributed by atoms with Gasteiger partial charge in [-0.15, -0.1) is 0 Å². The summed E-state index contributed by atoms with van der Waals surface area (Å²) in [6.45, 7) is 19.2. The van der Waals surface area contributed by atoms with E-state index in [0.717, 1.165) is 12.1 Å². The van der Waals surface area contributed by atoms with E-state index in [0.29, 0.717) is 52.4 Å². The van der Waals surface area contributed by atoms with Gasteiger partial charge in [0.25, 0.3) is 5.91 Å². The minimum Gasteiger partial charge on any atom is -0.507 e. The fourth-order valence-corrected chi connectivity index (χ4v) is 6.22. The first-order chi connectivity index (χ1) is 27.9. The van der Waals surface area contributed by atoms with Gasteiger partial charge in [0, 0.05) is 77.1 Å². The third-order valence-electron chi connectivity index (χ3n) is 8.83. The van der Waals surface area contributed by atoms with Crippen LogP contribution in [-0.2, 0) is 33.4 Å². The molecule has 0 radical (unpaired) electrons. The predicted octanol–water partition coefficient (Wildman–Crippen LogP) is 3.43. The van der Waals surface area contributed by atoms with E-state index >= 15 is 0 Å². The molecule has 17 heteroatoms. The Balaban J connectivity index is 1.71. The summed E-state index contributed by atoms with van der Waals surface area (Å²) >= 11 is 0. The number of esters is 3. The summed E-state index contributed by atoms with van der Waals surface area (Å²) in [5.74, 6) is -4.12. The van der Waals surface area contributed by atoms with Crippen LogP contribution in [0.25, 0.3) is 11.1 Å². The number of carbonyl (C=O) groups excluding carboxylic acids is 5. The van der Waals surface area contributed by atoms with Crippen LogP contribution in [0.4, 0.5) is 8.78 Å². The van der Waals surface area contributed by atoms with Crippen molar-refractivity contribution in [2.75, 3.05) is 91.6 Å². The Labute approximate surface area is 352 Å². The Morgan fingerprint density at radius 3 is 1.38 bits per heavy atom. The zero-order chi connectivity index (χ0) is 44.8. The van der Waals surface area contributed by atoms with Crippen molar-refractivity contribution in [3.05, 3.63) is 53.6 Å². The molecule has 2 amide bonds. The van der Waals surface area contributed by atoms with Crippen LogP contribution >= 0.6 is 0 Å². The minimum atomic E-state index is -0.819. The highest BCUT2D eigenvalue weighted by molar-refractivity contribution is 5.98. The number of rotatable bonds is 13. The standard InChI is InChI=1S/C43H64F2N6O9/c1-41(2,3)58-37(54)27-49-18-16-48(17-19-50(28-38(55)59-42(4,5)6)21-23-51(22-20-49)29-39(56)60-43(7,8)9)26-36(53)46-14-15-47-40(57)33-24-30(10-13-35(33)52)32-12-11-31(44)25-34(32)45/h10-13,24-25,52H,14-23,26-29H2,1-9H3,(H,46,53)(H,47,57). The molecule has 1 saturated heterocycles. The molecular formula is C43H64F2N6O9. The van der Waals surface area contributed by atoms with Crippen molar-refractivity contribution in [2.24, 2.45) is 0 Å². The molecule has 3 N–H and O–H groups in total. The van der Waals surface area contributed by atoms with E-state index in [1.807, 2.05) is 19.6 Å². The molecule has 3 rings (SSSR count). The number of ether oxygens (including phenoxy) is 3. The van der Waals surface area contributed by atoms with E-state index in [1.165, 1.54) is 24.3 Å². The Morgan fingerprint density at radius 2 is 0.983 bits per heavy atom. The van der Waals surface area contributed by atoms with Crippen molar-refractivity contribution in [3.8, 4) is 16.9 Å². The number of phenols is 1. The second-order valence-corrected chi connectivity index (χ2v) is 17.8. The third kappa shape index (κ3) is 19.1. The molecule has 0 unspecified atom stereocenters. The van der Waals surface area contributed by atoms with Gasteiger partial charge in [-0.2, -0.15) is 0 Å². The number of nitrogens with zero attached hydrogens (tertiary/aromatic N) is 4. The number of hydrogen-bond acceptors (Lipinski definition) is 13. The average Bonchev–Trinajstić information content (AvgIpc) is 3.09. The van der Waals surface area contributed by atoms with Gasteiger partial charge >= 0.3 is 17.9 Å². The fraction of sp³-hybridized carbons (Fsp3) is 0.605. The number of carbonyl (C=O) groups is 5. The summed E-state index contributed by atoms with van der Waals surface area (Å²) in [6, 6.07) is 7.02. The molecule has 0 atom stereocenters. The van der Waals surface area contributed by atoms with Gasteiger partial charge < -0.3 is 30.0 Å². The second kappa shape index (κ2) is 22.2. The Morgan fingerprint density at radius 1 is 0.583 bits per heavy atom. The van der Waals surface area contributed by atoms with Crippen molar-refractivity contribution in [3.63, 3.8) is 0 Å². The van der Waals surface area contributed by atoms with E-state index in [2.05, 4.69) is 10.6 Å². The van der Waals surface area contributed by atoms with E-state index < -0.39 is 52.3 Å². The van der Waals surface area contributed by atoms with Gasteiger partial charge in [0.1, 0.15) is 34.2 Å². The summed E-state index contributed by atoms with van der Waals surface area (Å²) in [7, 11) is 0. The van der Waals surface area contributed by atoms with Crippen LogP contribution < -0.4 is 10.6 Å². The topological polar surface area (TPSA) is 170 Å². The first-order valence-corrected chi connectivity index (χ1v) is 20.2. The van der Waals surface area contributed by atoms with E-state index in [-0.39, 0.29) is 67.6 Å². The molecule has 1 heterocycles. The summed E-state index contributed by atoms with van der Waals surface area (Å²) < 4.78 is 44.7. The molecule has 0 aromatic heterocycles. The maximum Gasteiger partial charge on any atom is 0.320 e. The zero-order valence-electron chi connectivity index (χ0n) is 36.6. The monoisotopic (exact) mass is 846 g/mol. The molecule has 0 saturated carbocycles. The smallest absolute Gasteiger partial charge is 0.320 e. The third-order valence-corrected chi connectivity index (χ3v) is 8.83. The number of halogens is 2. The Kier molecular flexibility index (Phi) is 18.4. The Hall–Kier alpha value is -4.71. The number of benzene rings is 2. The minimum absolute atomic E-state index is 0.00623. The van der Waals surface area contributed by atoms with Crippen LogP contribution in [0.15, 0.2) is 36.4 Å². The van der Waals surface area contributed by atoms with E-state index in [1.54, 1.807) is 62.3 Å². The molecule has 1 aliphatic heterocycles. The lowest BCUT2D eigenvalue weighted by Crippen LogP contribution is -2.50. The van der Waals surface area contributed by atoms with E-state index in [4.69, 9.17) is 14.2 Å². The molecule has 1 aliphatic rings. The highest BCUT2D eigenvalue weighted by Gasteiger charge is 2.26. The number of amides is 2. The van der Waals surface area contributed by atoms with Crippen LogP contribution in [0.3, 0.4) is 0 Å². The molecule has 15 nitrogen and oxygen atoms in total. The van der Waals surface area contributed by atoms with Gasteiger partial charge in [-0.25, -0.2) is 8.78 Å². The molecule has 2 aromatic carbocycles. The molecule has 0 aliphatic carbocycles. The number of nitrogens with one attached hydrogen (secondary N) is 2. The number of phenolic OH excluding ortho intramolecular Hbond substituents is 1. The molecule has 334 valence electrons. The summed E-state index contributed by atoms with van der Waals surface area (Å²) in [6.07, 6.45) is 0. The quantitative estimate of drug-likeness (QED) is 0.153. The molecule has 0 bridgehead atoms. The fourth-order valence-electron chi connectivity index (χ4n) is 6.22. The largest absolute Gasteiger partial charge is 0.507 e. The molecular weight excluding hydrogens is 783 g/mol. The van der Waals surface area contributed by atoms with Crippen molar-refractivity contribution in [2.45, 2.75) is 79.1 Å². The van der Waals surface area contributed by atoms with E-state index in [9.17, 15) is 37.9 Å². The lowest BCUT2D eigenvalue weighted by molar-refractivity contribution is -0.158. The summed E-state index contributed by atoms with van der Waals surface area (Å²) in [5, 5.41) is 15.8. The van der Waals surface area contributed by atoms with Crippen LogP contribution in [0.1, 0.15) is 72.7 Å². The van der Waals surface area contributed by atoms with Crippen molar-refractivity contribution in [1.82, 2.24) is 30.2 Å². The molecule has 60 heavy (non-hydrogen) atoms. The lowest BCUT2D eigenvalue weighted by atomic mass is 10.0. The molecule has 0 spiro atoms. The normalized spacial score (nSPS) is 15.9. The number of hydrogen-bond donors (Lipinski definition) is 3. The Bertz CT molecular complexity index is 1750. The van der Waals surface area contributed by atoms with Crippen LogP contribution in [0, 0.1) is 11.6 Å². The molecule has 1 fully saturated rings. The number of aromatic hydroxyl groups is 1. The van der Waals surface area contributed by atoms with Crippen molar-refractivity contribution in [1.29, 1.82) is 0 Å². The first-order valence-electron chi connectivity index (χ1n) is 20.2. The maximum atomic E-state index is 14.4. The highest BCUT2D eigenvalue weighted by Crippen LogP contribution is 2.28. The predicted molar refractivity (Wildman–Crippen MR) is 222 cm³/mol. The first kappa shape index (κ1) is 49.7. The van der Waals surface area contributed by atoms with Gasteiger partial charge in [-0.05, 0) is 92.1 Å². The van der Waals surface area contributed by atoms with Crippen molar-refractivity contribution < 1.29 is 52.1 Å². The van der Waals surface area contributed by atoms with Gasteiger partial charge in [0.05, 0.1) is 31.7 Å². The summed E-state index contributed by atoms with van der Waals surface area (Å²) in [5.41, 5.74) is -1.86. The molecule has 2 aromatic rings. The summed E-state index contributed by atoms with van der Waals surface area (Å²) in [4.78, 5) is 72.9. The lowest BCUT2D eigenvalue weighted by Gasteiger charge is -2.34. The highest BCUT2D eigenvalue weighted by atomic mass is 19.1.